The van der Waals surface area contributed by atoms with Crippen LogP contribution < -0.4 is 10.6 Å². The zero-order valence-corrected chi connectivity index (χ0v) is 13.5. The average Bonchev–Trinajstić information content (AvgIpc) is 2.43. The number of amides is 2. The third-order valence-corrected chi connectivity index (χ3v) is 3.55. The molecule has 0 atom stereocenters. The maximum atomic E-state index is 11.8. The summed E-state index contributed by atoms with van der Waals surface area (Å²) in [5.74, 6) is -0.0260. The van der Waals surface area contributed by atoms with Crippen LogP contribution in [0.3, 0.4) is 0 Å². The number of nitrogens with one attached hydrogen (secondary N) is 2. The average molecular weight is 341 g/mol. The lowest BCUT2D eigenvalue weighted by atomic mass is 10.1. The minimum absolute atomic E-state index is 0.00742. The van der Waals surface area contributed by atoms with E-state index in [9.17, 15) is 9.59 Å². The van der Waals surface area contributed by atoms with E-state index in [1.54, 1.807) is 6.92 Å². The summed E-state index contributed by atoms with van der Waals surface area (Å²) in [4.78, 5) is 23.3. The molecule has 1 aromatic carbocycles. The fourth-order valence-corrected chi connectivity index (χ4v) is 2.13. The SMILES string of the molecule is CCC(=O)Nc1cccc(NC(=O)CCCCBr)c1C. The summed E-state index contributed by atoms with van der Waals surface area (Å²) in [7, 11) is 0. The van der Waals surface area contributed by atoms with Crippen LogP contribution >= 0.6 is 15.9 Å². The smallest absolute Gasteiger partial charge is 0.224 e. The molecule has 0 unspecified atom stereocenters. The molecule has 0 saturated heterocycles. The number of rotatable bonds is 7. The Bertz CT molecular complexity index is 475. The fraction of sp³-hybridized carbons (Fsp3) is 0.467. The zero-order chi connectivity index (χ0) is 15.0. The number of benzene rings is 1. The number of hydrogen-bond acceptors (Lipinski definition) is 2. The Kier molecular flexibility index (Phi) is 7.30. The van der Waals surface area contributed by atoms with Crippen LogP contribution in [0.15, 0.2) is 18.2 Å². The van der Waals surface area contributed by atoms with Crippen molar-refractivity contribution in [3.05, 3.63) is 23.8 Å². The summed E-state index contributed by atoms with van der Waals surface area (Å²) in [6.45, 7) is 3.69. The molecule has 0 aliphatic rings. The third-order valence-electron chi connectivity index (χ3n) is 2.99. The van der Waals surface area contributed by atoms with Gasteiger partial charge in [0.25, 0.3) is 0 Å². The number of halogens is 1. The molecule has 5 heteroatoms. The first-order valence-electron chi connectivity index (χ1n) is 6.83. The Hall–Kier alpha value is -1.36. The number of carbonyl (C=O) groups is 2. The summed E-state index contributed by atoms with van der Waals surface area (Å²) in [5.41, 5.74) is 2.38. The first-order valence-corrected chi connectivity index (χ1v) is 7.96. The number of carbonyl (C=O) groups excluding carboxylic acids is 2. The van der Waals surface area contributed by atoms with Gasteiger partial charge in [-0.15, -0.1) is 0 Å². The Morgan fingerprint density at radius 2 is 1.70 bits per heavy atom. The molecule has 0 aromatic heterocycles. The van der Waals surface area contributed by atoms with E-state index in [4.69, 9.17) is 0 Å². The van der Waals surface area contributed by atoms with Crippen molar-refractivity contribution >= 4 is 39.1 Å². The largest absolute Gasteiger partial charge is 0.326 e. The normalized spacial score (nSPS) is 10.2. The van der Waals surface area contributed by atoms with E-state index in [0.717, 1.165) is 35.1 Å². The lowest BCUT2D eigenvalue weighted by Crippen LogP contribution is -2.14. The standard InChI is InChI=1S/C15H21BrN2O2/c1-3-14(19)17-12-7-6-8-13(11(12)2)18-15(20)9-4-5-10-16/h6-8H,3-5,9-10H2,1-2H3,(H,17,19)(H,18,20). The molecule has 1 rings (SSSR count). The minimum Gasteiger partial charge on any atom is -0.326 e. The first-order chi connectivity index (χ1) is 9.58. The van der Waals surface area contributed by atoms with Crippen molar-refractivity contribution < 1.29 is 9.59 Å². The van der Waals surface area contributed by atoms with Crippen molar-refractivity contribution in [3.63, 3.8) is 0 Å². The van der Waals surface area contributed by atoms with Crippen molar-refractivity contribution in [3.8, 4) is 0 Å². The summed E-state index contributed by atoms with van der Waals surface area (Å²) < 4.78 is 0. The predicted molar refractivity (Wildman–Crippen MR) is 86.4 cm³/mol. The van der Waals surface area contributed by atoms with Gasteiger partial charge in [0.05, 0.1) is 0 Å². The first kappa shape index (κ1) is 16.7. The van der Waals surface area contributed by atoms with Crippen molar-refractivity contribution in [2.75, 3.05) is 16.0 Å². The van der Waals surface area contributed by atoms with Gasteiger partial charge in [-0.05, 0) is 37.5 Å². The Morgan fingerprint density at radius 3 is 2.25 bits per heavy atom. The molecule has 0 spiro atoms. The second-order valence-corrected chi connectivity index (χ2v) is 5.37. The summed E-state index contributed by atoms with van der Waals surface area (Å²) >= 11 is 3.35. The minimum atomic E-state index is -0.0334. The Labute approximate surface area is 128 Å². The molecule has 1 aromatic rings. The van der Waals surface area contributed by atoms with E-state index >= 15 is 0 Å². The summed E-state index contributed by atoms with van der Waals surface area (Å²) in [6.07, 6.45) is 2.79. The van der Waals surface area contributed by atoms with E-state index in [-0.39, 0.29) is 11.8 Å². The summed E-state index contributed by atoms with van der Waals surface area (Å²) in [5, 5.41) is 6.64. The zero-order valence-electron chi connectivity index (χ0n) is 12.0. The second kappa shape index (κ2) is 8.74. The van der Waals surface area contributed by atoms with Gasteiger partial charge in [-0.1, -0.05) is 28.9 Å². The molecule has 0 radical (unpaired) electrons. The molecule has 0 aliphatic heterocycles. The van der Waals surface area contributed by atoms with Gasteiger partial charge in [-0.3, -0.25) is 9.59 Å². The van der Waals surface area contributed by atoms with Crippen LogP contribution in [0.1, 0.15) is 38.2 Å². The highest BCUT2D eigenvalue weighted by Gasteiger charge is 2.09. The Morgan fingerprint density at radius 1 is 1.10 bits per heavy atom. The molecule has 0 saturated carbocycles. The molecule has 20 heavy (non-hydrogen) atoms. The molecule has 2 amide bonds. The quantitative estimate of drug-likeness (QED) is 0.585. The number of alkyl halides is 1. The number of hydrogen-bond donors (Lipinski definition) is 2. The topological polar surface area (TPSA) is 58.2 Å². The van der Waals surface area contributed by atoms with Gasteiger partial charge in [0.1, 0.15) is 0 Å². The van der Waals surface area contributed by atoms with E-state index in [1.165, 1.54) is 0 Å². The maximum Gasteiger partial charge on any atom is 0.224 e. The molecule has 4 nitrogen and oxygen atoms in total. The molecular formula is C15H21BrN2O2. The van der Waals surface area contributed by atoms with Crippen LogP contribution in [-0.2, 0) is 9.59 Å². The van der Waals surface area contributed by atoms with E-state index in [0.29, 0.717) is 12.8 Å². The highest BCUT2D eigenvalue weighted by Crippen LogP contribution is 2.23. The van der Waals surface area contributed by atoms with Crippen LogP contribution in [-0.4, -0.2) is 17.1 Å². The van der Waals surface area contributed by atoms with E-state index in [1.807, 2.05) is 25.1 Å². The predicted octanol–water partition coefficient (Wildman–Crippen LogP) is 3.85. The van der Waals surface area contributed by atoms with Gasteiger partial charge in [0.2, 0.25) is 11.8 Å². The van der Waals surface area contributed by atoms with E-state index < -0.39 is 0 Å². The molecule has 110 valence electrons. The van der Waals surface area contributed by atoms with Crippen LogP contribution in [0.2, 0.25) is 0 Å². The van der Waals surface area contributed by atoms with Gasteiger partial charge >= 0.3 is 0 Å². The number of unbranched alkanes of at least 4 members (excludes halogenated alkanes) is 1. The van der Waals surface area contributed by atoms with Crippen LogP contribution in [0.25, 0.3) is 0 Å². The lowest BCUT2D eigenvalue weighted by molar-refractivity contribution is -0.116. The number of anilines is 2. The van der Waals surface area contributed by atoms with Crippen molar-refractivity contribution in [2.24, 2.45) is 0 Å². The van der Waals surface area contributed by atoms with Crippen LogP contribution in [0.5, 0.6) is 0 Å². The lowest BCUT2D eigenvalue weighted by Gasteiger charge is -2.13. The molecule has 0 fully saturated rings. The fourth-order valence-electron chi connectivity index (χ4n) is 1.74. The van der Waals surface area contributed by atoms with Gasteiger partial charge in [-0.25, -0.2) is 0 Å². The van der Waals surface area contributed by atoms with Gasteiger partial charge < -0.3 is 10.6 Å². The van der Waals surface area contributed by atoms with Gasteiger partial charge in [-0.2, -0.15) is 0 Å². The van der Waals surface area contributed by atoms with E-state index in [2.05, 4.69) is 26.6 Å². The molecule has 2 N–H and O–H groups in total. The Balaban J connectivity index is 2.68. The van der Waals surface area contributed by atoms with Crippen molar-refractivity contribution in [2.45, 2.75) is 39.5 Å². The monoisotopic (exact) mass is 340 g/mol. The molecule has 0 bridgehead atoms. The van der Waals surface area contributed by atoms with Gasteiger partial charge in [0.15, 0.2) is 0 Å². The van der Waals surface area contributed by atoms with Gasteiger partial charge in [0, 0.05) is 29.5 Å². The highest BCUT2D eigenvalue weighted by atomic mass is 79.9. The van der Waals surface area contributed by atoms with Crippen LogP contribution in [0.4, 0.5) is 11.4 Å². The van der Waals surface area contributed by atoms with Crippen LogP contribution in [0, 0.1) is 6.92 Å². The molecular weight excluding hydrogens is 320 g/mol. The highest BCUT2D eigenvalue weighted by molar-refractivity contribution is 9.09. The second-order valence-electron chi connectivity index (χ2n) is 4.57. The third kappa shape index (κ3) is 5.33. The molecule has 0 heterocycles. The maximum absolute atomic E-state index is 11.8. The summed E-state index contributed by atoms with van der Waals surface area (Å²) in [6, 6.07) is 5.51. The molecule has 0 aliphatic carbocycles. The van der Waals surface area contributed by atoms with Crippen molar-refractivity contribution in [1.82, 2.24) is 0 Å². The van der Waals surface area contributed by atoms with Crippen molar-refractivity contribution in [1.29, 1.82) is 0 Å².